The minimum Gasteiger partial charge on any atom is -0.368 e. The highest BCUT2D eigenvalue weighted by molar-refractivity contribution is 5.95. The van der Waals surface area contributed by atoms with Gasteiger partial charge in [-0.3, -0.25) is 14.9 Å². The Labute approximate surface area is 167 Å². The Morgan fingerprint density at radius 3 is 2.83 bits per heavy atom. The van der Waals surface area contributed by atoms with Gasteiger partial charge in [0.25, 0.3) is 11.8 Å². The maximum absolute atomic E-state index is 13.0. The number of carbonyl (C=O) groups is 1. The number of methoxy groups -OCH3 is 1. The normalized spacial score (nSPS) is 18.7. The van der Waals surface area contributed by atoms with Crippen LogP contribution in [0.2, 0.25) is 0 Å². The van der Waals surface area contributed by atoms with E-state index in [0.29, 0.717) is 54.8 Å². The first-order valence-corrected chi connectivity index (χ1v) is 9.83. The van der Waals surface area contributed by atoms with Crippen LogP contribution in [0.4, 0.5) is 0 Å². The lowest BCUT2D eigenvalue weighted by atomic mass is 9.90. The fourth-order valence-electron chi connectivity index (χ4n) is 3.90. The van der Waals surface area contributed by atoms with Crippen molar-refractivity contribution in [1.29, 1.82) is 0 Å². The fraction of sp³-hybridized carbons (Fsp3) is 0.450. The zero-order valence-electron chi connectivity index (χ0n) is 16.2. The second-order valence-electron chi connectivity index (χ2n) is 7.60. The van der Waals surface area contributed by atoms with Crippen LogP contribution in [0, 0.1) is 0 Å². The Kier molecular flexibility index (Phi) is 4.39. The van der Waals surface area contributed by atoms with Gasteiger partial charge in [0.15, 0.2) is 0 Å². The van der Waals surface area contributed by atoms with Gasteiger partial charge in [-0.15, -0.1) is 0 Å². The molecule has 1 aliphatic heterocycles. The van der Waals surface area contributed by atoms with E-state index in [-0.39, 0.29) is 5.91 Å². The number of amides is 1. The molecule has 3 aromatic rings. The summed E-state index contributed by atoms with van der Waals surface area (Å²) in [5.41, 5.74) is 1.60. The van der Waals surface area contributed by atoms with Gasteiger partial charge in [-0.1, -0.05) is 11.2 Å². The van der Waals surface area contributed by atoms with Gasteiger partial charge < -0.3 is 14.2 Å². The Morgan fingerprint density at radius 1 is 1.31 bits per heavy atom. The third kappa shape index (κ3) is 3.21. The molecule has 4 heterocycles. The molecule has 3 aromatic heterocycles. The SMILES string of the molecule is COC1(c2nc(-c3ccccn3)no2)CCN(C(=O)c2cn[nH]c2C2CC2)CC1. The van der Waals surface area contributed by atoms with E-state index in [9.17, 15) is 4.79 Å². The third-order valence-corrected chi connectivity index (χ3v) is 5.84. The summed E-state index contributed by atoms with van der Waals surface area (Å²) in [4.78, 5) is 23.6. The monoisotopic (exact) mass is 394 g/mol. The highest BCUT2D eigenvalue weighted by atomic mass is 16.5. The Balaban J connectivity index is 1.32. The van der Waals surface area contributed by atoms with Crippen molar-refractivity contribution in [2.24, 2.45) is 0 Å². The first-order valence-electron chi connectivity index (χ1n) is 9.83. The largest absolute Gasteiger partial charge is 0.368 e. The summed E-state index contributed by atoms with van der Waals surface area (Å²) in [6, 6.07) is 5.54. The van der Waals surface area contributed by atoms with E-state index in [2.05, 4.69) is 25.3 Å². The number of likely N-dealkylation sites (tertiary alicyclic amines) is 1. The number of piperidine rings is 1. The van der Waals surface area contributed by atoms with Crippen LogP contribution in [0.25, 0.3) is 11.5 Å². The molecule has 0 atom stereocenters. The van der Waals surface area contributed by atoms with E-state index in [0.717, 1.165) is 18.5 Å². The highest BCUT2D eigenvalue weighted by Gasteiger charge is 2.43. The van der Waals surface area contributed by atoms with Gasteiger partial charge in [0.1, 0.15) is 11.3 Å². The molecule has 1 saturated heterocycles. The summed E-state index contributed by atoms with van der Waals surface area (Å²) in [5.74, 6) is 1.32. The number of hydrogen-bond donors (Lipinski definition) is 1. The van der Waals surface area contributed by atoms with Crippen LogP contribution in [0.5, 0.6) is 0 Å². The molecule has 0 unspecified atom stereocenters. The highest BCUT2D eigenvalue weighted by Crippen LogP contribution is 2.41. The smallest absolute Gasteiger partial charge is 0.259 e. The number of H-pyrrole nitrogens is 1. The summed E-state index contributed by atoms with van der Waals surface area (Å²) >= 11 is 0. The molecule has 1 aliphatic carbocycles. The number of rotatable bonds is 5. The number of carbonyl (C=O) groups excluding carboxylic acids is 1. The number of hydrogen-bond acceptors (Lipinski definition) is 7. The molecule has 5 rings (SSSR count). The molecule has 2 aliphatic rings. The van der Waals surface area contributed by atoms with Crippen molar-refractivity contribution in [2.75, 3.05) is 20.2 Å². The van der Waals surface area contributed by atoms with Crippen LogP contribution < -0.4 is 0 Å². The predicted molar refractivity (Wildman–Crippen MR) is 102 cm³/mol. The van der Waals surface area contributed by atoms with Gasteiger partial charge >= 0.3 is 0 Å². The van der Waals surface area contributed by atoms with Crippen molar-refractivity contribution in [1.82, 2.24) is 30.2 Å². The molecule has 29 heavy (non-hydrogen) atoms. The van der Waals surface area contributed by atoms with Crippen molar-refractivity contribution < 1.29 is 14.1 Å². The van der Waals surface area contributed by atoms with Crippen LogP contribution in [0.1, 0.15) is 53.5 Å². The zero-order chi connectivity index (χ0) is 19.8. The molecule has 9 heteroatoms. The molecular weight excluding hydrogens is 372 g/mol. The maximum atomic E-state index is 13.0. The number of nitrogens with one attached hydrogen (secondary N) is 1. The Hall–Kier alpha value is -3.07. The quantitative estimate of drug-likeness (QED) is 0.708. The number of ether oxygens (including phenoxy) is 1. The van der Waals surface area contributed by atoms with E-state index < -0.39 is 5.60 Å². The van der Waals surface area contributed by atoms with Crippen LogP contribution in [-0.2, 0) is 10.3 Å². The number of nitrogens with zero attached hydrogens (tertiary/aromatic N) is 5. The van der Waals surface area contributed by atoms with Crippen molar-refractivity contribution in [3.8, 4) is 11.5 Å². The molecule has 0 radical (unpaired) electrons. The van der Waals surface area contributed by atoms with E-state index in [1.165, 1.54) is 0 Å². The zero-order valence-corrected chi connectivity index (χ0v) is 16.2. The summed E-state index contributed by atoms with van der Waals surface area (Å²) < 4.78 is 11.4. The van der Waals surface area contributed by atoms with Crippen LogP contribution in [0.3, 0.4) is 0 Å². The van der Waals surface area contributed by atoms with Gasteiger partial charge in [-0.05, 0) is 25.0 Å². The average Bonchev–Trinajstić information content (AvgIpc) is 3.29. The summed E-state index contributed by atoms with van der Waals surface area (Å²) in [6.45, 7) is 1.09. The van der Waals surface area contributed by atoms with Crippen LogP contribution >= 0.6 is 0 Å². The van der Waals surface area contributed by atoms with E-state index in [1.807, 2.05) is 23.1 Å². The van der Waals surface area contributed by atoms with Crippen molar-refractivity contribution in [3.05, 3.63) is 47.7 Å². The molecule has 150 valence electrons. The lowest BCUT2D eigenvalue weighted by molar-refractivity contribution is -0.0779. The molecule has 0 bridgehead atoms. The lowest BCUT2D eigenvalue weighted by Crippen LogP contribution is -2.46. The number of pyridine rings is 1. The Bertz CT molecular complexity index is 1000. The molecule has 1 amide bonds. The topological polar surface area (TPSA) is 110 Å². The minimum atomic E-state index is -0.702. The minimum absolute atomic E-state index is 0.0186. The fourth-order valence-corrected chi connectivity index (χ4v) is 3.90. The standard InChI is InChI=1S/C20H22N6O3/c1-28-20(19-23-17(25-29-19)15-4-2-3-9-21-15)7-10-26(11-8-20)18(27)14-12-22-24-16(14)13-5-6-13/h2-4,9,12-13H,5-8,10-11H2,1H3,(H,22,24). The van der Waals surface area contributed by atoms with Gasteiger partial charge in [-0.25, -0.2) is 0 Å². The molecule has 1 saturated carbocycles. The molecule has 0 aromatic carbocycles. The van der Waals surface area contributed by atoms with Crippen molar-refractivity contribution in [3.63, 3.8) is 0 Å². The molecule has 2 fully saturated rings. The van der Waals surface area contributed by atoms with Crippen LogP contribution in [-0.4, -0.2) is 56.3 Å². The lowest BCUT2D eigenvalue weighted by Gasteiger charge is -2.38. The second-order valence-corrected chi connectivity index (χ2v) is 7.60. The summed E-state index contributed by atoms with van der Waals surface area (Å²) in [5, 5.41) is 11.2. The van der Waals surface area contributed by atoms with E-state index >= 15 is 0 Å². The number of aromatic amines is 1. The van der Waals surface area contributed by atoms with Gasteiger partial charge in [-0.2, -0.15) is 10.1 Å². The van der Waals surface area contributed by atoms with Crippen molar-refractivity contribution >= 4 is 5.91 Å². The summed E-state index contributed by atoms with van der Waals surface area (Å²) in [6.07, 6.45) is 6.72. The first-order chi connectivity index (χ1) is 14.2. The molecule has 9 nitrogen and oxygen atoms in total. The number of aromatic nitrogens is 5. The van der Waals surface area contributed by atoms with E-state index in [4.69, 9.17) is 9.26 Å². The summed E-state index contributed by atoms with van der Waals surface area (Å²) in [7, 11) is 1.64. The van der Waals surface area contributed by atoms with Crippen LogP contribution in [0.15, 0.2) is 35.1 Å². The second kappa shape index (κ2) is 7.07. The molecular formula is C20H22N6O3. The van der Waals surface area contributed by atoms with Gasteiger partial charge in [0.2, 0.25) is 5.82 Å². The van der Waals surface area contributed by atoms with Crippen molar-refractivity contribution in [2.45, 2.75) is 37.2 Å². The average molecular weight is 394 g/mol. The van der Waals surface area contributed by atoms with Gasteiger partial charge in [0, 0.05) is 45.2 Å². The maximum Gasteiger partial charge on any atom is 0.259 e. The Morgan fingerprint density at radius 2 is 2.14 bits per heavy atom. The van der Waals surface area contributed by atoms with E-state index in [1.54, 1.807) is 19.5 Å². The van der Waals surface area contributed by atoms with Gasteiger partial charge in [0.05, 0.1) is 17.5 Å². The molecule has 0 spiro atoms. The molecule has 1 N–H and O–H groups in total. The third-order valence-electron chi connectivity index (χ3n) is 5.84. The first kappa shape index (κ1) is 18.0. The predicted octanol–water partition coefficient (Wildman–Crippen LogP) is 2.51.